The lowest BCUT2D eigenvalue weighted by Crippen LogP contribution is -2.07. The van der Waals surface area contributed by atoms with Gasteiger partial charge in [-0.25, -0.2) is 4.98 Å². The van der Waals surface area contributed by atoms with E-state index in [4.69, 9.17) is 5.21 Å². The monoisotopic (exact) mass is 256 g/mol. The van der Waals surface area contributed by atoms with Gasteiger partial charge in [0.1, 0.15) is 11.4 Å². The minimum Gasteiger partial charge on any atom is -0.411 e. The summed E-state index contributed by atoms with van der Waals surface area (Å²) in [5.41, 5.74) is 2.02. The first-order valence-electron chi connectivity index (χ1n) is 6.31. The molecular weight excluding hydrogens is 240 g/mol. The van der Waals surface area contributed by atoms with Crippen molar-refractivity contribution in [2.75, 3.05) is 0 Å². The maximum Gasteiger partial charge on any atom is 0.182 e. The van der Waals surface area contributed by atoms with E-state index in [1.807, 2.05) is 30.3 Å². The highest BCUT2D eigenvalue weighted by molar-refractivity contribution is 5.98. The third-order valence-corrected chi connectivity index (χ3v) is 2.77. The molecule has 1 N–H and O–H groups in total. The third kappa shape index (κ3) is 3.34. The maximum absolute atomic E-state index is 9.07. The lowest BCUT2D eigenvalue weighted by Gasteiger charge is -2.04. The smallest absolute Gasteiger partial charge is 0.182 e. The molecule has 0 aliphatic heterocycles. The van der Waals surface area contributed by atoms with Crippen LogP contribution in [0.4, 0.5) is 0 Å². The van der Waals surface area contributed by atoms with Gasteiger partial charge in [-0.05, 0) is 12.8 Å². The molecule has 0 saturated carbocycles. The quantitative estimate of drug-likeness (QED) is 0.507. The van der Waals surface area contributed by atoms with Crippen LogP contribution in [0, 0.1) is 0 Å². The normalized spacial score (nSPS) is 11.5. The highest BCUT2D eigenvalue weighted by atomic mass is 16.4. The lowest BCUT2D eigenvalue weighted by atomic mass is 10.1. The Kier molecular flexibility index (Phi) is 4.55. The van der Waals surface area contributed by atoms with Crippen LogP contribution in [-0.4, -0.2) is 26.1 Å². The molecule has 0 saturated heterocycles. The molecule has 0 aliphatic carbocycles. The average Bonchev–Trinajstić information content (AvgIpc) is 2.49. The molecule has 0 amide bonds. The zero-order chi connectivity index (χ0) is 13.5. The van der Waals surface area contributed by atoms with Gasteiger partial charge in [0.05, 0.1) is 6.20 Å². The van der Waals surface area contributed by atoms with Crippen molar-refractivity contribution in [2.24, 2.45) is 5.16 Å². The van der Waals surface area contributed by atoms with Crippen LogP contribution in [0.2, 0.25) is 0 Å². The van der Waals surface area contributed by atoms with Crippen LogP contribution < -0.4 is 0 Å². The molecule has 0 atom stereocenters. The van der Waals surface area contributed by atoms with E-state index >= 15 is 0 Å². The topological polar surface area (TPSA) is 71.3 Å². The van der Waals surface area contributed by atoms with Crippen LogP contribution >= 0.6 is 0 Å². The van der Waals surface area contributed by atoms with Gasteiger partial charge in [-0.1, -0.05) is 48.8 Å². The van der Waals surface area contributed by atoms with Crippen LogP contribution in [0.3, 0.4) is 0 Å². The third-order valence-electron chi connectivity index (χ3n) is 2.77. The fourth-order valence-electron chi connectivity index (χ4n) is 1.73. The van der Waals surface area contributed by atoms with Gasteiger partial charge >= 0.3 is 0 Å². The van der Waals surface area contributed by atoms with E-state index in [0.29, 0.717) is 23.7 Å². The Labute approximate surface area is 112 Å². The van der Waals surface area contributed by atoms with Crippen molar-refractivity contribution in [1.82, 2.24) is 15.2 Å². The van der Waals surface area contributed by atoms with E-state index in [9.17, 15) is 0 Å². The number of nitrogens with zero attached hydrogens (tertiary/aromatic N) is 4. The summed E-state index contributed by atoms with van der Waals surface area (Å²) in [6, 6.07) is 9.61. The van der Waals surface area contributed by atoms with Crippen molar-refractivity contribution < 1.29 is 5.21 Å². The molecule has 0 aliphatic rings. The van der Waals surface area contributed by atoms with Gasteiger partial charge in [0.2, 0.25) is 0 Å². The van der Waals surface area contributed by atoms with Gasteiger partial charge in [0.25, 0.3) is 0 Å². The second-order valence-electron chi connectivity index (χ2n) is 4.18. The van der Waals surface area contributed by atoms with Crippen LogP contribution in [0.1, 0.15) is 31.9 Å². The molecule has 1 heterocycles. The van der Waals surface area contributed by atoms with Gasteiger partial charge in [-0.3, -0.25) is 0 Å². The Balaban J connectivity index is 2.29. The molecule has 5 heteroatoms. The summed E-state index contributed by atoms with van der Waals surface area (Å²) >= 11 is 0. The molecule has 0 unspecified atom stereocenters. The lowest BCUT2D eigenvalue weighted by molar-refractivity contribution is 0.317. The summed E-state index contributed by atoms with van der Waals surface area (Å²) < 4.78 is 0. The zero-order valence-corrected chi connectivity index (χ0v) is 10.8. The van der Waals surface area contributed by atoms with E-state index in [-0.39, 0.29) is 0 Å². The molecule has 5 nitrogen and oxygen atoms in total. The molecule has 0 radical (unpaired) electrons. The number of benzene rings is 1. The molecule has 19 heavy (non-hydrogen) atoms. The highest BCUT2D eigenvalue weighted by Gasteiger charge is 2.09. The Morgan fingerprint density at radius 2 is 2.05 bits per heavy atom. The molecule has 2 aromatic rings. The number of oxime groups is 1. The molecule has 2 rings (SSSR count). The summed E-state index contributed by atoms with van der Waals surface area (Å²) in [6.45, 7) is 2.09. The number of aromatic nitrogens is 3. The van der Waals surface area contributed by atoms with Crippen molar-refractivity contribution in [1.29, 1.82) is 0 Å². The first kappa shape index (κ1) is 13.1. The average molecular weight is 256 g/mol. The van der Waals surface area contributed by atoms with Gasteiger partial charge in [0, 0.05) is 5.56 Å². The van der Waals surface area contributed by atoms with Gasteiger partial charge in [-0.2, -0.15) is 5.10 Å². The van der Waals surface area contributed by atoms with Crippen molar-refractivity contribution in [3.8, 4) is 11.4 Å². The van der Waals surface area contributed by atoms with Gasteiger partial charge < -0.3 is 5.21 Å². The van der Waals surface area contributed by atoms with Gasteiger partial charge in [0.15, 0.2) is 5.82 Å². The summed E-state index contributed by atoms with van der Waals surface area (Å²) in [4.78, 5) is 4.40. The van der Waals surface area contributed by atoms with Crippen molar-refractivity contribution >= 4 is 5.71 Å². The van der Waals surface area contributed by atoms with Gasteiger partial charge in [-0.15, -0.1) is 5.10 Å². The van der Waals surface area contributed by atoms with Crippen LogP contribution in [0.25, 0.3) is 11.4 Å². The number of hydrogen-bond donors (Lipinski definition) is 1. The van der Waals surface area contributed by atoms with E-state index in [0.717, 1.165) is 18.4 Å². The summed E-state index contributed by atoms with van der Waals surface area (Å²) in [7, 11) is 0. The summed E-state index contributed by atoms with van der Waals surface area (Å²) in [5.74, 6) is 0.538. The van der Waals surface area contributed by atoms with Crippen LogP contribution in [0.15, 0.2) is 41.7 Å². The predicted octanol–water partition coefficient (Wildman–Crippen LogP) is 2.91. The first-order valence-corrected chi connectivity index (χ1v) is 6.31. The Morgan fingerprint density at radius 3 is 2.74 bits per heavy atom. The highest BCUT2D eigenvalue weighted by Crippen LogP contribution is 2.14. The van der Waals surface area contributed by atoms with Crippen molar-refractivity contribution in [3.63, 3.8) is 0 Å². The van der Waals surface area contributed by atoms with E-state index in [1.165, 1.54) is 6.20 Å². The fourth-order valence-corrected chi connectivity index (χ4v) is 1.73. The predicted molar refractivity (Wildman–Crippen MR) is 73.1 cm³/mol. The minimum atomic E-state index is 0.538. The number of rotatable bonds is 5. The second kappa shape index (κ2) is 6.58. The molecule has 98 valence electrons. The van der Waals surface area contributed by atoms with Crippen molar-refractivity contribution in [3.05, 3.63) is 42.2 Å². The number of unbranched alkanes of at least 4 members (excludes halogenated alkanes) is 1. The summed E-state index contributed by atoms with van der Waals surface area (Å²) in [6.07, 6.45) is 4.18. The molecule has 1 aromatic heterocycles. The Hall–Kier alpha value is -2.30. The first-order chi connectivity index (χ1) is 9.35. The van der Waals surface area contributed by atoms with E-state index in [2.05, 4.69) is 27.3 Å². The van der Waals surface area contributed by atoms with Crippen molar-refractivity contribution in [2.45, 2.75) is 26.2 Å². The standard InChI is InChI=1S/C14H16N4O/c1-2-3-9-12(18-19)13-10-15-17-14(16-13)11-7-5-4-6-8-11/h4-8,10,19H,2-3,9H2,1H3/b18-12-. The Bertz CT molecular complexity index is 554. The van der Waals surface area contributed by atoms with E-state index < -0.39 is 0 Å². The minimum absolute atomic E-state index is 0.538. The maximum atomic E-state index is 9.07. The van der Waals surface area contributed by atoms with E-state index in [1.54, 1.807) is 0 Å². The summed E-state index contributed by atoms with van der Waals surface area (Å²) in [5, 5.41) is 20.3. The Morgan fingerprint density at radius 1 is 1.26 bits per heavy atom. The molecule has 1 aromatic carbocycles. The van der Waals surface area contributed by atoms with Crippen LogP contribution in [-0.2, 0) is 0 Å². The number of hydrogen-bond acceptors (Lipinski definition) is 5. The van der Waals surface area contributed by atoms with Crippen LogP contribution in [0.5, 0.6) is 0 Å². The fraction of sp³-hybridized carbons (Fsp3) is 0.286. The zero-order valence-electron chi connectivity index (χ0n) is 10.8. The molecule has 0 spiro atoms. The SMILES string of the molecule is CCCC/C(=N/O)c1cnnc(-c2ccccc2)n1. The molecule has 0 bridgehead atoms. The largest absolute Gasteiger partial charge is 0.411 e. The second-order valence-corrected chi connectivity index (χ2v) is 4.18. The molecular formula is C14H16N4O. The molecule has 0 fully saturated rings.